The molecule has 0 bridgehead atoms. The lowest BCUT2D eigenvalue weighted by Crippen LogP contribution is -3.07. The van der Waals surface area contributed by atoms with Crippen LogP contribution in [0.4, 0.5) is 0 Å². The smallest absolute Gasteiger partial charge is 0.162 e. The van der Waals surface area contributed by atoms with Crippen molar-refractivity contribution in [3.8, 4) is 11.5 Å². The van der Waals surface area contributed by atoms with Crippen LogP contribution in [0.5, 0.6) is 11.5 Å². The van der Waals surface area contributed by atoms with Gasteiger partial charge in [0.25, 0.3) is 0 Å². The molecule has 0 fully saturated rings. The van der Waals surface area contributed by atoms with Crippen LogP contribution in [-0.4, -0.2) is 34.9 Å². The molecule has 16 heavy (non-hydrogen) atoms. The van der Waals surface area contributed by atoms with Crippen LogP contribution in [0.1, 0.15) is 11.6 Å². The van der Waals surface area contributed by atoms with Crippen LogP contribution < -0.4 is 20.1 Å². The molecule has 0 aliphatic rings. The number of hydrogen-bond acceptors (Lipinski definition) is 2. The van der Waals surface area contributed by atoms with Gasteiger partial charge in [0.2, 0.25) is 0 Å². The Balaban J connectivity index is 3.06. The van der Waals surface area contributed by atoms with E-state index in [2.05, 4.69) is 25.9 Å². The quantitative estimate of drug-likeness (QED) is 0.686. The summed E-state index contributed by atoms with van der Waals surface area (Å²) in [5.74, 6) is 1.54. The van der Waals surface area contributed by atoms with Crippen LogP contribution in [0, 0.1) is 0 Å². The number of quaternary nitrogens is 2. The third-order valence-electron chi connectivity index (χ3n) is 2.80. The summed E-state index contributed by atoms with van der Waals surface area (Å²) < 4.78 is 10.5. The average Bonchev–Trinajstić information content (AvgIpc) is 2.29. The summed E-state index contributed by atoms with van der Waals surface area (Å²) in [6.45, 7) is 0.859. The van der Waals surface area contributed by atoms with Crippen molar-refractivity contribution >= 4 is 0 Å². The van der Waals surface area contributed by atoms with Gasteiger partial charge in [0.05, 0.1) is 28.3 Å². The summed E-state index contributed by atoms with van der Waals surface area (Å²) in [6.07, 6.45) is 0. The Morgan fingerprint density at radius 3 is 2.25 bits per heavy atom. The lowest BCUT2D eigenvalue weighted by molar-refractivity contribution is -0.899. The lowest BCUT2D eigenvalue weighted by atomic mass is 10.1. The van der Waals surface area contributed by atoms with Crippen molar-refractivity contribution in [2.75, 3.05) is 34.9 Å². The molecule has 4 N–H and O–H groups in total. The van der Waals surface area contributed by atoms with Crippen molar-refractivity contribution < 1.29 is 20.1 Å². The molecule has 0 aromatic heterocycles. The Labute approximate surface area is 96.9 Å². The molecule has 1 aromatic carbocycles. The van der Waals surface area contributed by atoms with Crippen molar-refractivity contribution in [1.82, 2.24) is 0 Å². The Hall–Kier alpha value is -1.26. The molecule has 0 aliphatic carbocycles. The first-order valence-electron chi connectivity index (χ1n) is 5.45. The van der Waals surface area contributed by atoms with Gasteiger partial charge in [0.1, 0.15) is 6.54 Å². The number of methoxy groups -OCH3 is 2. The number of benzene rings is 1. The van der Waals surface area contributed by atoms with Crippen molar-refractivity contribution in [2.24, 2.45) is 0 Å². The Kier molecular flexibility index (Phi) is 4.58. The molecule has 1 aromatic rings. The monoisotopic (exact) mass is 226 g/mol. The van der Waals surface area contributed by atoms with Gasteiger partial charge in [-0.15, -0.1) is 0 Å². The molecule has 90 valence electrons. The van der Waals surface area contributed by atoms with Crippen molar-refractivity contribution in [1.29, 1.82) is 0 Å². The summed E-state index contributed by atoms with van der Waals surface area (Å²) in [7, 11) is 7.57. The Morgan fingerprint density at radius 1 is 1.19 bits per heavy atom. The SMILES string of the molecule is COc1ccc([C@@H](C[NH3+])[NH+](C)C)cc1OC. The molecule has 0 saturated carbocycles. The van der Waals surface area contributed by atoms with E-state index in [1.165, 1.54) is 10.5 Å². The maximum atomic E-state index is 5.30. The van der Waals surface area contributed by atoms with E-state index in [0.29, 0.717) is 6.04 Å². The third-order valence-corrected chi connectivity index (χ3v) is 2.80. The van der Waals surface area contributed by atoms with Crippen LogP contribution >= 0.6 is 0 Å². The van der Waals surface area contributed by atoms with Crippen LogP contribution in [0.2, 0.25) is 0 Å². The molecule has 4 nitrogen and oxygen atoms in total. The Bertz CT molecular complexity index is 340. The fraction of sp³-hybridized carbons (Fsp3) is 0.500. The van der Waals surface area contributed by atoms with E-state index in [0.717, 1.165) is 18.0 Å². The molecule has 0 heterocycles. The van der Waals surface area contributed by atoms with Gasteiger partial charge in [0.15, 0.2) is 17.5 Å². The number of rotatable bonds is 5. The first-order chi connectivity index (χ1) is 7.63. The van der Waals surface area contributed by atoms with Crippen LogP contribution in [0.25, 0.3) is 0 Å². The van der Waals surface area contributed by atoms with E-state index >= 15 is 0 Å². The number of likely N-dealkylation sites (N-methyl/N-ethyl adjacent to an activating group) is 1. The average molecular weight is 226 g/mol. The van der Waals surface area contributed by atoms with Crippen LogP contribution in [0.15, 0.2) is 18.2 Å². The predicted molar refractivity (Wildman–Crippen MR) is 62.9 cm³/mol. The van der Waals surface area contributed by atoms with Gasteiger partial charge < -0.3 is 20.1 Å². The highest BCUT2D eigenvalue weighted by molar-refractivity contribution is 5.43. The van der Waals surface area contributed by atoms with Gasteiger partial charge in [0, 0.05) is 5.56 Å². The summed E-state index contributed by atoms with van der Waals surface area (Å²) in [5.41, 5.74) is 5.22. The second kappa shape index (κ2) is 5.72. The van der Waals surface area contributed by atoms with Gasteiger partial charge >= 0.3 is 0 Å². The second-order valence-corrected chi connectivity index (χ2v) is 4.03. The zero-order valence-corrected chi connectivity index (χ0v) is 10.5. The zero-order valence-electron chi connectivity index (χ0n) is 10.5. The zero-order chi connectivity index (χ0) is 12.1. The molecular weight excluding hydrogens is 204 g/mol. The van der Waals surface area contributed by atoms with Gasteiger partial charge in [-0.25, -0.2) is 0 Å². The molecule has 1 atom stereocenters. The minimum atomic E-state index is 0.389. The van der Waals surface area contributed by atoms with E-state index in [-0.39, 0.29) is 0 Å². The standard InChI is InChI=1S/C12H20N2O2/c1-14(2)10(8-13)9-5-6-11(15-3)12(7-9)16-4/h5-7,10H,8,13H2,1-4H3/p+2/t10-/m1/s1. The largest absolute Gasteiger partial charge is 0.493 e. The molecular formula is C12H22N2O2+2. The predicted octanol–water partition coefficient (Wildman–Crippen LogP) is -0.869. The molecule has 0 spiro atoms. The molecule has 4 heteroatoms. The second-order valence-electron chi connectivity index (χ2n) is 4.03. The molecule has 0 radical (unpaired) electrons. The number of nitrogens with one attached hydrogen (secondary N) is 1. The molecule has 0 amide bonds. The van der Waals surface area contributed by atoms with E-state index in [1.807, 2.05) is 12.1 Å². The van der Waals surface area contributed by atoms with E-state index in [4.69, 9.17) is 9.47 Å². The highest BCUT2D eigenvalue weighted by Gasteiger charge is 2.19. The van der Waals surface area contributed by atoms with Crippen LogP contribution in [-0.2, 0) is 0 Å². The minimum Gasteiger partial charge on any atom is -0.493 e. The molecule has 1 rings (SSSR count). The Morgan fingerprint density at radius 2 is 1.81 bits per heavy atom. The fourth-order valence-electron chi connectivity index (χ4n) is 1.86. The summed E-state index contributed by atoms with van der Waals surface area (Å²) >= 11 is 0. The molecule has 0 saturated heterocycles. The number of ether oxygens (including phenoxy) is 2. The van der Waals surface area contributed by atoms with E-state index in [1.54, 1.807) is 14.2 Å². The normalized spacial score (nSPS) is 12.6. The third kappa shape index (κ3) is 2.65. The van der Waals surface area contributed by atoms with Gasteiger partial charge in [-0.1, -0.05) is 0 Å². The molecule has 0 aliphatic heterocycles. The minimum absolute atomic E-state index is 0.389. The highest BCUT2D eigenvalue weighted by Crippen LogP contribution is 2.28. The molecule has 0 unspecified atom stereocenters. The first kappa shape index (κ1) is 12.8. The van der Waals surface area contributed by atoms with Crippen molar-refractivity contribution in [3.05, 3.63) is 23.8 Å². The van der Waals surface area contributed by atoms with E-state index in [9.17, 15) is 0 Å². The van der Waals surface area contributed by atoms with Crippen molar-refractivity contribution in [3.63, 3.8) is 0 Å². The number of hydrogen-bond donors (Lipinski definition) is 2. The van der Waals surface area contributed by atoms with Gasteiger partial charge in [-0.05, 0) is 18.2 Å². The first-order valence-corrected chi connectivity index (χ1v) is 5.45. The fourth-order valence-corrected chi connectivity index (χ4v) is 1.86. The maximum Gasteiger partial charge on any atom is 0.162 e. The maximum absolute atomic E-state index is 5.30. The van der Waals surface area contributed by atoms with Crippen LogP contribution in [0.3, 0.4) is 0 Å². The van der Waals surface area contributed by atoms with Crippen molar-refractivity contribution in [2.45, 2.75) is 6.04 Å². The summed E-state index contributed by atoms with van der Waals surface area (Å²) in [6, 6.07) is 6.44. The highest BCUT2D eigenvalue weighted by atomic mass is 16.5. The van der Waals surface area contributed by atoms with E-state index < -0.39 is 0 Å². The summed E-state index contributed by atoms with van der Waals surface area (Å²) in [5, 5.41) is 0. The summed E-state index contributed by atoms with van der Waals surface area (Å²) in [4.78, 5) is 1.36. The van der Waals surface area contributed by atoms with Gasteiger partial charge in [-0.3, -0.25) is 0 Å². The lowest BCUT2D eigenvalue weighted by Gasteiger charge is -2.19. The topological polar surface area (TPSA) is 50.5 Å². The van der Waals surface area contributed by atoms with Gasteiger partial charge in [-0.2, -0.15) is 0 Å².